The molecule has 0 fully saturated rings. The van der Waals surface area contributed by atoms with Crippen LogP contribution in [-0.2, 0) is 12.8 Å². The lowest BCUT2D eigenvalue weighted by Crippen LogP contribution is -2.19. The van der Waals surface area contributed by atoms with Gasteiger partial charge in [-0.3, -0.25) is 4.98 Å². The van der Waals surface area contributed by atoms with E-state index in [1.165, 1.54) is 16.0 Å². The van der Waals surface area contributed by atoms with Crippen LogP contribution < -0.4 is 5.32 Å². The average molecular weight is 300 g/mol. The van der Waals surface area contributed by atoms with Crippen LogP contribution in [0.2, 0.25) is 0 Å². The second kappa shape index (κ2) is 8.20. The van der Waals surface area contributed by atoms with E-state index in [0.717, 1.165) is 24.3 Å². The Hall–Kier alpha value is -1.32. The predicted molar refractivity (Wildman–Crippen MR) is 92.0 cm³/mol. The van der Waals surface area contributed by atoms with Crippen molar-refractivity contribution in [2.45, 2.75) is 37.6 Å². The molecule has 0 aliphatic rings. The van der Waals surface area contributed by atoms with E-state index in [1.54, 1.807) is 0 Å². The fourth-order valence-electron chi connectivity index (χ4n) is 2.34. The summed E-state index contributed by atoms with van der Waals surface area (Å²) in [4.78, 5) is 5.90. The fraction of sp³-hybridized carbons (Fsp3) is 0.389. The van der Waals surface area contributed by atoms with Crippen LogP contribution in [0.1, 0.15) is 36.7 Å². The zero-order valence-corrected chi connectivity index (χ0v) is 13.9. The van der Waals surface area contributed by atoms with Crippen molar-refractivity contribution in [3.8, 4) is 0 Å². The number of benzene rings is 1. The lowest BCUT2D eigenvalue weighted by Gasteiger charge is -2.17. The molecule has 1 unspecified atom stereocenters. The Morgan fingerprint density at radius 1 is 1.10 bits per heavy atom. The van der Waals surface area contributed by atoms with Crippen LogP contribution >= 0.6 is 11.8 Å². The smallest absolute Gasteiger partial charge is 0.0422 e. The molecule has 2 nitrogen and oxygen atoms in total. The Balaban J connectivity index is 2.07. The van der Waals surface area contributed by atoms with Crippen LogP contribution in [0, 0.1) is 0 Å². The quantitative estimate of drug-likeness (QED) is 0.773. The van der Waals surface area contributed by atoms with Gasteiger partial charge in [0.25, 0.3) is 0 Å². The SMILES string of the molecule is CCSc1ccc(C(Cc2ccc(CC)cn2)NC)cc1. The number of hydrogen-bond donors (Lipinski definition) is 1. The zero-order chi connectivity index (χ0) is 15.1. The summed E-state index contributed by atoms with van der Waals surface area (Å²) in [6.45, 7) is 4.34. The summed E-state index contributed by atoms with van der Waals surface area (Å²) in [5.41, 5.74) is 3.75. The van der Waals surface area contributed by atoms with E-state index in [9.17, 15) is 0 Å². The first kappa shape index (κ1) is 16.1. The first-order valence-electron chi connectivity index (χ1n) is 7.60. The molecule has 0 bridgehead atoms. The number of thioether (sulfide) groups is 1. The van der Waals surface area contributed by atoms with Gasteiger partial charge in [-0.25, -0.2) is 0 Å². The summed E-state index contributed by atoms with van der Waals surface area (Å²) in [7, 11) is 2.01. The number of likely N-dealkylation sites (N-methyl/N-ethyl adjacent to an activating group) is 1. The van der Waals surface area contributed by atoms with Crippen LogP contribution in [0.3, 0.4) is 0 Å². The van der Waals surface area contributed by atoms with Gasteiger partial charge in [0.1, 0.15) is 0 Å². The maximum atomic E-state index is 4.57. The molecule has 2 rings (SSSR count). The van der Waals surface area contributed by atoms with Crippen molar-refractivity contribution in [3.05, 3.63) is 59.4 Å². The molecule has 0 amide bonds. The van der Waals surface area contributed by atoms with Crippen molar-refractivity contribution in [1.29, 1.82) is 0 Å². The van der Waals surface area contributed by atoms with Crippen LogP contribution in [0.25, 0.3) is 0 Å². The third-order valence-electron chi connectivity index (χ3n) is 3.65. The van der Waals surface area contributed by atoms with Gasteiger partial charge in [0.2, 0.25) is 0 Å². The second-order valence-electron chi connectivity index (χ2n) is 5.06. The molecule has 2 aromatic rings. The maximum Gasteiger partial charge on any atom is 0.0422 e. The van der Waals surface area contributed by atoms with E-state index in [2.05, 4.69) is 60.5 Å². The molecule has 1 N–H and O–H groups in total. The van der Waals surface area contributed by atoms with E-state index < -0.39 is 0 Å². The van der Waals surface area contributed by atoms with Crippen molar-refractivity contribution in [2.75, 3.05) is 12.8 Å². The van der Waals surface area contributed by atoms with Crippen molar-refractivity contribution in [1.82, 2.24) is 10.3 Å². The van der Waals surface area contributed by atoms with Gasteiger partial charge in [-0.1, -0.05) is 32.0 Å². The standard InChI is InChI=1S/C18H24N2S/c1-4-14-6-9-16(20-13-14)12-18(19-3)15-7-10-17(11-8-15)21-5-2/h6-11,13,18-19H,4-5,12H2,1-3H3. The number of rotatable bonds is 7. The monoisotopic (exact) mass is 300 g/mol. The molecule has 21 heavy (non-hydrogen) atoms. The molecule has 1 atom stereocenters. The molecule has 1 heterocycles. The van der Waals surface area contributed by atoms with Gasteiger partial charge in [0, 0.05) is 29.2 Å². The molecule has 1 aromatic heterocycles. The molecule has 112 valence electrons. The maximum absolute atomic E-state index is 4.57. The molecule has 0 radical (unpaired) electrons. The van der Waals surface area contributed by atoms with Crippen LogP contribution in [0.4, 0.5) is 0 Å². The Morgan fingerprint density at radius 2 is 1.86 bits per heavy atom. The predicted octanol–water partition coefficient (Wildman–Crippen LogP) is 4.26. The third kappa shape index (κ3) is 4.58. The molecule has 1 aromatic carbocycles. The third-order valence-corrected chi connectivity index (χ3v) is 4.54. The van der Waals surface area contributed by atoms with Gasteiger partial charge < -0.3 is 5.32 Å². The van der Waals surface area contributed by atoms with Crippen LogP contribution in [0.5, 0.6) is 0 Å². The Labute approximate surface area is 132 Å². The van der Waals surface area contributed by atoms with Crippen molar-refractivity contribution < 1.29 is 0 Å². The Bertz CT molecular complexity index is 534. The van der Waals surface area contributed by atoms with Gasteiger partial charge in [-0.05, 0) is 48.5 Å². The lowest BCUT2D eigenvalue weighted by atomic mass is 10.0. The number of aromatic nitrogens is 1. The van der Waals surface area contributed by atoms with Crippen LogP contribution in [0.15, 0.2) is 47.5 Å². The highest BCUT2D eigenvalue weighted by atomic mass is 32.2. The van der Waals surface area contributed by atoms with Gasteiger partial charge in [-0.15, -0.1) is 11.8 Å². The van der Waals surface area contributed by atoms with Crippen molar-refractivity contribution in [3.63, 3.8) is 0 Å². The van der Waals surface area contributed by atoms with Crippen molar-refractivity contribution in [2.24, 2.45) is 0 Å². The van der Waals surface area contributed by atoms with E-state index in [1.807, 2.05) is 25.0 Å². The van der Waals surface area contributed by atoms with E-state index in [0.29, 0.717) is 6.04 Å². The highest BCUT2D eigenvalue weighted by Crippen LogP contribution is 2.22. The second-order valence-corrected chi connectivity index (χ2v) is 6.40. The zero-order valence-electron chi connectivity index (χ0n) is 13.1. The van der Waals surface area contributed by atoms with E-state index in [4.69, 9.17) is 0 Å². The summed E-state index contributed by atoms with van der Waals surface area (Å²) >= 11 is 1.88. The molecular weight excluding hydrogens is 276 g/mol. The number of aryl methyl sites for hydroxylation is 1. The summed E-state index contributed by atoms with van der Waals surface area (Å²) in [6, 6.07) is 13.5. The minimum atomic E-state index is 0.311. The minimum absolute atomic E-state index is 0.311. The van der Waals surface area contributed by atoms with E-state index >= 15 is 0 Å². The first-order valence-corrected chi connectivity index (χ1v) is 8.59. The van der Waals surface area contributed by atoms with Crippen molar-refractivity contribution >= 4 is 11.8 Å². The molecule has 0 saturated heterocycles. The largest absolute Gasteiger partial charge is 0.313 e. The molecule has 0 aliphatic heterocycles. The molecular formula is C18H24N2S. The topological polar surface area (TPSA) is 24.9 Å². The lowest BCUT2D eigenvalue weighted by molar-refractivity contribution is 0.584. The first-order chi connectivity index (χ1) is 10.3. The van der Waals surface area contributed by atoms with Gasteiger partial charge in [0.05, 0.1) is 0 Å². The summed E-state index contributed by atoms with van der Waals surface area (Å²) < 4.78 is 0. The van der Waals surface area contributed by atoms with E-state index in [-0.39, 0.29) is 0 Å². The minimum Gasteiger partial charge on any atom is -0.313 e. The highest BCUT2D eigenvalue weighted by Gasteiger charge is 2.11. The number of pyridine rings is 1. The normalized spacial score (nSPS) is 12.3. The van der Waals surface area contributed by atoms with Crippen LogP contribution in [-0.4, -0.2) is 17.8 Å². The Kier molecular flexibility index (Phi) is 6.27. The number of nitrogens with zero attached hydrogens (tertiary/aromatic N) is 1. The molecule has 0 saturated carbocycles. The Morgan fingerprint density at radius 3 is 2.38 bits per heavy atom. The highest BCUT2D eigenvalue weighted by molar-refractivity contribution is 7.99. The summed E-state index contributed by atoms with van der Waals surface area (Å²) in [6.07, 6.45) is 3.95. The van der Waals surface area contributed by atoms with Gasteiger partial charge >= 0.3 is 0 Å². The van der Waals surface area contributed by atoms with Gasteiger partial charge in [0.15, 0.2) is 0 Å². The summed E-state index contributed by atoms with van der Waals surface area (Å²) in [5.74, 6) is 1.11. The average Bonchev–Trinajstić information content (AvgIpc) is 2.54. The molecule has 0 spiro atoms. The number of nitrogens with one attached hydrogen (secondary N) is 1. The molecule has 0 aliphatic carbocycles. The fourth-order valence-corrected chi connectivity index (χ4v) is 3.01. The van der Waals surface area contributed by atoms with Gasteiger partial charge in [-0.2, -0.15) is 0 Å². The summed E-state index contributed by atoms with van der Waals surface area (Å²) in [5, 5.41) is 3.40. The number of hydrogen-bond acceptors (Lipinski definition) is 3. The molecule has 3 heteroatoms.